The molecule has 0 bridgehead atoms. The average molecular weight is 214 g/mol. The number of rotatable bonds is 6. The van der Waals surface area contributed by atoms with Gasteiger partial charge in [-0.25, -0.2) is 0 Å². The number of nitrogens with two attached hydrogens (primary N) is 1. The predicted octanol–water partition coefficient (Wildman–Crippen LogP) is -0.580. The molecule has 0 aromatic carbocycles. The molecular formula is C10H18N2O3. The van der Waals surface area contributed by atoms with Gasteiger partial charge < -0.3 is 20.5 Å². The minimum Gasteiger partial charge on any atom is -0.376 e. The number of hydrogen-bond donors (Lipinski definition) is 2. The Bertz CT molecular complexity index is 243. The first-order valence-corrected chi connectivity index (χ1v) is 5.03. The van der Waals surface area contributed by atoms with Gasteiger partial charge in [-0.2, -0.15) is 0 Å². The summed E-state index contributed by atoms with van der Waals surface area (Å²) in [4.78, 5) is 10.7. The second-order valence-corrected chi connectivity index (χ2v) is 3.38. The van der Waals surface area contributed by atoms with Gasteiger partial charge in [-0.3, -0.25) is 4.79 Å². The highest BCUT2D eigenvalue weighted by atomic mass is 16.5. The number of carbonyl (C=O) groups excluding carboxylic acids is 1. The van der Waals surface area contributed by atoms with E-state index >= 15 is 0 Å². The number of ether oxygens (including phenoxy) is 2. The van der Waals surface area contributed by atoms with Crippen molar-refractivity contribution in [2.75, 3.05) is 20.3 Å². The first kappa shape index (κ1) is 12.2. The molecule has 0 heterocycles. The van der Waals surface area contributed by atoms with E-state index in [2.05, 4.69) is 5.32 Å². The molecule has 1 rings (SSSR count). The smallest absolute Gasteiger partial charge is 0.231 e. The molecule has 1 amide bonds. The molecule has 0 aromatic rings. The third kappa shape index (κ3) is 3.30. The molecule has 0 spiro atoms. The van der Waals surface area contributed by atoms with Crippen molar-refractivity contribution in [1.82, 2.24) is 5.32 Å². The maximum atomic E-state index is 10.7. The van der Waals surface area contributed by atoms with Gasteiger partial charge in [0.15, 0.2) is 0 Å². The summed E-state index contributed by atoms with van der Waals surface area (Å²) in [6, 6.07) is -0.0394. The number of amides is 1. The number of nitrogens with one attached hydrogen (secondary N) is 1. The van der Waals surface area contributed by atoms with Crippen molar-refractivity contribution >= 4 is 5.91 Å². The molecule has 0 saturated carbocycles. The number of methoxy groups -OCH3 is 1. The fraction of sp³-hybridized carbons (Fsp3) is 0.700. The van der Waals surface area contributed by atoms with Crippen LogP contribution >= 0.6 is 0 Å². The van der Waals surface area contributed by atoms with Crippen molar-refractivity contribution in [1.29, 1.82) is 0 Å². The van der Waals surface area contributed by atoms with E-state index in [9.17, 15) is 4.79 Å². The highest BCUT2D eigenvalue weighted by molar-refractivity contribution is 5.75. The highest BCUT2D eigenvalue weighted by Crippen LogP contribution is 2.17. The average Bonchev–Trinajstić information content (AvgIpc) is 2.58. The topological polar surface area (TPSA) is 73.6 Å². The zero-order chi connectivity index (χ0) is 11.3. The van der Waals surface area contributed by atoms with E-state index in [1.54, 1.807) is 7.11 Å². The molecule has 3 N–H and O–H groups in total. The van der Waals surface area contributed by atoms with Crippen LogP contribution in [0.4, 0.5) is 0 Å². The molecule has 5 nitrogen and oxygen atoms in total. The van der Waals surface area contributed by atoms with Crippen LogP contribution in [0.3, 0.4) is 0 Å². The van der Waals surface area contributed by atoms with Gasteiger partial charge in [0.05, 0.1) is 24.8 Å². The molecule has 3 atom stereocenters. The molecule has 15 heavy (non-hydrogen) atoms. The summed E-state index contributed by atoms with van der Waals surface area (Å²) >= 11 is 0. The van der Waals surface area contributed by atoms with Crippen molar-refractivity contribution in [2.24, 2.45) is 5.73 Å². The fourth-order valence-electron chi connectivity index (χ4n) is 1.67. The lowest BCUT2D eigenvalue weighted by atomic mass is 10.1. The molecule has 1 aliphatic carbocycles. The van der Waals surface area contributed by atoms with Crippen molar-refractivity contribution < 1.29 is 14.3 Å². The van der Waals surface area contributed by atoms with E-state index in [-0.39, 0.29) is 30.7 Å². The SMILES string of the molecule is CCO[C@@H]1C=C[C@H](OC)[C@@H]1NCC(N)=O. The van der Waals surface area contributed by atoms with E-state index in [4.69, 9.17) is 15.2 Å². The highest BCUT2D eigenvalue weighted by Gasteiger charge is 2.31. The molecular weight excluding hydrogens is 196 g/mol. The van der Waals surface area contributed by atoms with Crippen LogP contribution in [0.1, 0.15) is 6.92 Å². The summed E-state index contributed by atoms with van der Waals surface area (Å²) in [7, 11) is 1.63. The minimum atomic E-state index is -0.382. The summed E-state index contributed by atoms with van der Waals surface area (Å²) < 4.78 is 10.7. The maximum absolute atomic E-state index is 10.7. The summed E-state index contributed by atoms with van der Waals surface area (Å²) in [5.74, 6) is -0.382. The molecule has 0 aliphatic heterocycles. The molecule has 0 fully saturated rings. The third-order valence-corrected chi connectivity index (χ3v) is 2.34. The van der Waals surface area contributed by atoms with Crippen LogP contribution in [0.25, 0.3) is 0 Å². The molecule has 0 saturated heterocycles. The number of carbonyl (C=O) groups is 1. The fourth-order valence-corrected chi connectivity index (χ4v) is 1.67. The van der Waals surface area contributed by atoms with Gasteiger partial charge in [-0.1, -0.05) is 12.2 Å². The quantitative estimate of drug-likeness (QED) is 0.580. The molecule has 86 valence electrons. The van der Waals surface area contributed by atoms with Crippen LogP contribution in [0.5, 0.6) is 0 Å². The van der Waals surface area contributed by atoms with Crippen molar-refractivity contribution in [3.05, 3.63) is 12.2 Å². The summed E-state index contributed by atoms with van der Waals surface area (Å²) in [6.07, 6.45) is 3.75. The van der Waals surface area contributed by atoms with Crippen molar-refractivity contribution in [3.8, 4) is 0 Å². The molecule has 5 heteroatoms. The zero-order valence-corrected chi connectivity index (χ0v) is 9.10. The summed E-state index contributed by atoms with van der Waals surface area (Å²) in [5, 5.41) is 3.03. The first-order valence-electron chi connectivity index (χ1n) is 5.03. The number of hydrogen-bond acceptors (Lipinski definition) is 4. The first-order chi connectivity index (χ1) is 7.19. The van der Waals surface area contributed by atoms with E-state index in [1.807, 2.05) is 19.1 Å². The van der Waals surface area contributed by atoms with Crippen LogP contribution in [0.2, 0.25) is 0 Å². The lowest BCUT2D eigenvalue weighted by molar-refractivity contribution is -0.117. The summed E-state index contributed by atoms with van der Waals surface area (Å²) in [5.41, 5.74) is 5.07. The Morgan fingerprint density at radius 2 is 2.13 bits per heavy atom. The van der Waals surface area contributed by atoms with Crippen LogP contribution in [-0.2, 0) is 14.3 Å². The number of primary amides is 1. The second kappa shape index (κ2) is 5.85. The van der Waals surface area contributed by atoms with Gasteiger partial charge in [-0.05, 0) is 6.92 Å². The minimum absolute atomic E-state index is 0.0394. The van der Waals surface area contributed by atoms with E-state index in [0.717, 1.165) is 0 Å². The van der Waals surface area contributed by atoms with Crippen LogP contribution in [0.15, 0.2) is 12.2 Å². The Balaban J connectivity index is 2.50. The Morgan fingerprint density at radius 3 is 2.67 bits per heavy atom. The second-order valence-electron chi connectivity index (χ2n) is 3.38. The van der Waals surface area contributed by atoms with E-state index in [1.165, 1.54) is 0 Å². The van der Waals surface area contributed by atoms with Crippen LogP contribution in [0, 0.1) is 0 Å². The maximum Gasteiger partial charge on any atom is 0.231 e. The van der Waals surface area contributed by atoms with Gasteiger partial charge in [0.25, 0.3) is 0 Å². The third-order valence-electron chi connectivity index (χ3n) is 2.34. The zero-order valence-electron chi connectivity index (χ0n) is 9.10. The normalized spacial score (nSPS) is 29.6. The lowest BCUT2D eigenvalue weighted by Crippen LogP contribution is -2.48. The molecule has 0 radical (unpaired) electrons. The standard InChI is InChI=1S/C10H18N2O3/c1-3-15-8-5-4-7(14-2)10(8)12-6-9(11)13/h4-5,7-8,10,12H,3,6H2,1-2H3,(H2,11,13)/t7-,8+,10-/m0/s1. The van der Waals surface area contributed by atoms with E-state index < -0.39 is 0 Å². The monoisotopic (exact) mass is 214 g/mol. The van der Waals surface area contributed by atoms with Crippen molar-refractivity contribution in [2.45, 2.75) is 25.2 Å². The Kier molecular flexibility index (Phi) is 4.74. The molecule has 0 aromatic heterocycles. The Hall–Kier alpha value is -0.910. The van der Waals surface area contributed by atoms with Crippen LogP contribution < -0.4 is 11.1 Å². The van der Waals surface area contributed by atoms with Gasteiger partial charge in [0, 0.05) is 13.7 Å². The predicted molar refractivity (Wildman–Crippen MR) is 56.3 cm³/mol. The van der Waals surface area contributed by atoms with Crippen molar-refractivity contribution in [3.63, 3.8) is 0 Å². The van der Waals surface area contributed by atoms with E-state index in [0.29, 0.717) is 6.61 Å². The van der Waals surface area contributed by atoms with Gasteiger partial charge in [0.1, 0.15) is 0 Å². The Labute approximate surface area is 89.6 Å². The van der Waals surface area contributed by atoms with Gasteiger partial charge >= 0.3 is 0 Å². The van der Waals surface area contributed by atoms with Gasteiger partial charge in [0.2, 0.25) is 5.91 Å². The van der Waals surface area contributed by atoms with Gasteiger partial charge in [-0.15, -0.1) is 0 Å². The molecule has 1 aliphatic rings. The molecule has 0 unspecified atom stereocenters. The largest absolute Gasteiger partial charge is 0.376 e. The van der Waals surface area contributed by atoms with Crippen LogP contribution in [-0.4, -0.2) is 44.4 Å². The summed E-state index contributed by atoms with van der Waals surface area (Å²) in [6.45, 7) is 2.69. The lowest BCUT2D eigenvalue weighted by Gasteiger charge is -2.24. The Morgan fingerprint density at radius 1 is 1.47 bits per heavy atom.